The van der Waals surface area contributed by atoms with E-state index in [-0.39, 0.29) is 30.8 Å². The number of hydrogen-bond donors (Lipinski definition) is 1. The lowest BCUT2D eigenvalue weighted by Crippen LogP contribution is -2.22. The minimum absolute atomic E-state index is 0.0459. The Morgan fingerprint density at radius 1 is 1.25 bits per heavy atom. The van der Waals surface area contributed by atoms with Crippen molar-refractivity contribution in [1.29, 1.82) is 0 Å². The molecule has 1 heterocycles. The number of nitrogens with one attached hydrogen (secondary N) is 1. The van der Waals surface area contributed by atoms with Gasteiger partial charge in [0.15, 0.2) is 6.61 Å². The van der Waals surface area contributed by atoms with Gasteiger partial charge < -0.3 is 10.1 Å². The van der Waals surface area contributed by atoms with Crippen molar-refractivity contribution in [1.82, 2.24) is 9.78 Å². The van der Waals surface area contributed by atoms with Crippen molar-refractivity contribution >= 4 is 17.6 Å². The van der Waals surface area contributed by atoms with Crippen LogP contribution in [0.2, 0.25) is 0 Å². The van der Waals surface area contributed by atoms with Crippen molar-refractivity contribution in [3.8, 4) is 0 Å². The van der Waals surface area contributed by atoms with E-state index in [2.05, 4.69) is 10.4 Å². The van der Waals surface area contributed by atoms with Crippen molar-refractivity contribution in [3.05, 3.63) is 47.3 Å². The molecule has 1 atom stereocenters. The van der Waals surface area contributed by atoms with E-state index in [1.54, 1.807) is 4.68 Å². The molecule has 0 aliphatic rings. The highest BCUT2D eigenvalue weighted by molar-refractivity contribution is 5.93. The number of carbonyl (C=O) groups is 2. The van der Waals surface area contributed by atoms with Gasteiger partial charge in [-0.15, -0.1) is 0 Å². The lowest BCUT2D eigenvalue weighted by atomic mass is 9.98. The van der Waals surface area contributed by atoms with Gasteiger partial charge in [-0.1, -0.05) is 37.3 Å². The van der Waals surface area contributed by atoms with Gasteiger partial charge in [-0.3, -0.25) is 14.3 Å². The number of esters is 1. The van der Waals surface area contributed by atoms with E-state index in [1.807, 2.05) is 58.2 Å². The number of aromatic nitrogens is 2. The molecule has 0 aliphatic carbocycles. The first-order valence-corrected chi connectivity index (χ1v) is 7.89. The average molecular weight is 329 g/mol. The molecular weight excluding hydrogens is 306 g/mol. The van der Waals surface area contributed by atoms with Crippen LogP contribution in [-0.2, 0) is 21.4 Å². The Morgan fingerprint density at radius 3 is 2.50 bits per heavy atom. The standard InChI is InChI=1S/C18H23N3O3/c1-12(15-8-6-5-7-9-15)10-17(23)24-11-16(22)19-18-13(2)20-21(4)14(18)3/h5-9,12H,10-11H2,1-4H3,(H,19,22)/t12-/m1/s1. The molecule has 0 bridgehead atoms. The predicted molar refractivity (Wildman–Crippen MR) is 91.7 cm³/mol. The van der Waals surface area contributed by atoms with Crippen LogP contribution in [0.15, 0.2) is 30.3 Å². The van der Waals surface area contributed by atoms with Crippen LogP contribution in [0.5, 0.6) is 0 Å². The first kappa shape index (κ1) is 17.7. The number of rotatable bonds is 6. The number of anilines is 1. The zero-order valence-corrected chi connectivity index (χ0v) is 14.5. The molecule has 2 rings (SSSR count). The number of aryl methyl sites for hydroxylation is 2. The summed E-state index contributed by atoms with van der Waals surface area (Å²) in [5, 5.41) is 6.97. The minimum atomic E-state index is -0.388. The summed E-state index contributed by atoms with van der Waals surface area (Å²) in [5.74, 6) is -0.708. The van der Waals surface area contributed by atoms with Crippen molar-refractivity contribution in [2.45, 2.75) is 33.1 Å². The topological polar surface area (TPSA) is 73.2 Å². The third-order valence-corrected chi connectivity index (χ3v) is 3.98. The highest BCUT2D eigenvalue weighted by Crippen LogP contribution is 2.19. The largest absolute Gasteiger partial charge is 0.456 e. The summed E-state index contributed by atoms with van der Waals surface area (Å²) in [6.45, 7) is 5.34. The number of amides is 1. The molecule has 1 amide bonds. The van der Waals surface area contributed by atoms with Crippen LogP contribution < -0.4 is 5.32 Å². The number of carbonyl (C=O) groups excluding carboxylic acids is 2. The number of benzene rings is 1. The van der Waals surface area contributed by atoms with Crippen molar-refractivity contribution < 1.29 is 14.3 Å². The van der Waals surface area contributed by atoms with Crippen LogP contribution in [0.3, 0.4) is 0 Å². The maximum atomic E-state index is 12.0. The highest BCUT2D eigenvalue weighted by Gasteiger charge is 2.16. The van der Waals surface area contributed by atoms with Crippen LogP contribution in [-0.4, -0.2) is 28.3 Å². The molecule has 6 nitrogen and oxygen atoms in total. The molecule has 0 aliphatic heterocycles. The van der Waals surface area contributed by atoms with Crippen molar-refractivity contribution in [2.24, 2.45) is 7.05 Å². The van der Waals surface area contributed by atoms with E-state index < -0.39 is 0 Å². The van der Waals surface area contributed by atoms with E-state index in [4.69, 9.17) is 4.74 Å². The summed E-state index contributed by atoms with van der Waals surface area (Å²) in [5.41, 5.74) is 3.31. The van der Waals surface area contributed by atoms with Crippen LogP contribution >= 0.6 is 0 Å². The fraction of sp³-hybridized carbons (Fsp3) is 0.389. The Hall–Kier alpha value is -2.63. The molecule has 0 unspecified atom stereocenters. The molecule has 2 aromatic rings. The van der Waals surface area contributed by atoms with Crippen LogP contribution in [0.25, 0.3) is 0 Å². The molecule has 0 spiro atoms. The smallest absolute Gasteiger partial charge is 0.306 e. The van der Waals surface area contributed by atoms with Crippen molar-refractivity contribution in [2.75, 3.05) is 11.9 Å². The molecule has 1 aromatic carbocycles. The Labute approximate surface area is 141 Å². The molecule has 1 N–H and O–H groups in total. The van der Waals surface area contributed by atoms with E-state index in [0.29, 0.717) is 5.69 Å². The molecule has 0 saturated carbocycles. The Kier molecular flexibility index (Phi) is 5.73. The fourth-order valence-electron chi connectivity index (χ4n) is 2.48. The second-order valence-corrected chi connectivity index (χ2v) is 5.89. The third-order valence-electron chi connectivity index (χ3n) is 3.98. The molecule has 6 heteroatoms. The zero-order chi connectivity index (χ0) is 17.7. The summed E-state index contributed by atoms with van der Waals surface area (Å²) in [6, 6.07) is 9.74. The summed E-state index contributed by atoms with van der Waals surface area (Å²) in [4.78, 5) is 23.9. The predicted octanol–water partition coefficient (Wildman–Crippen LogP) is 2.71. The van der Waals surface area contributed by atoms with Gasteiger partial charge in [-0.05, 0) is 25.3 Å². The van der Waals surface area contributed by atoms with Gasteiger partial charge in [0.2, 0.25) is 0 Å². The SMILES string of the molecule is Cc1nn(C)c(C)c1NC(=O)COC(=O)C[C@@H](C)c1ccccc1. The fourth-order valence-corrected chi connectivity index (χ4v) is 2.48. The van der Waals surface area contributed by atoms with Gasteiger partial charge >= 0.3 is 5.97 Å². The molecule has 24 heavy (non-hydrogen) atoms. The maximum Gasteiger partial charge on any atom is 0.306 e. The zero-order valence-electron chi connectivity index (χ0n) is 14.5. The third kappa shape index (κ3) is 4.44. The molecule has 0 radical (unpaired) electrons. The molecule has 0 fully saturated rings. The second-order valence-electron chi connectivity index (χ2n) is 5.89. The van der Waals surface area contributed by atoms with E-state index in [0.717, 1.165) is 17.0 Å². The van der Waals surface area contributed by atoms with Gasteiger partial charge in [0.05, 0.1) is 23.5 Å². The minimum Gasteiger partial charge on any atom is -0.456 e. The summed E-state index contributed by atoms with van der Waals surface area (Å²) in [7, 11) is 1.81. The molecule has 1 aromatic heterocycles. The molecule has 128 valence electrons. The van der Waals surface area contributed by atoms with Crippen LogP contribution in [0.4, 0.5) is 5.69 Å². The summed E-state index contributed by atoms with van der Waals surface area (Å²) < 4.78 is 6.77. The molecular formula is C18H23N3O3. The van der Waals surface area contributed by atoms with E-state index in [1.165, 1.54) is 0 Å². The maximum absolute atomic E-state index is 12.0. The quantitative estimate of drug-likeness (QED) is 0.827. The first-order valence-electron chi connectivity index (χ1n) is 7.89. The highest BCUT2D eigenvalue weighted by atomic mass is 16.5. The Balaban J connectivity index is 1.82. The average Bonchev–Trinajstić information content (AvgIpc) is 2.80. The van der Waals surface area contributed by atoms with E-state index in [9.17, 15) is 9.59 Å². The van der Waals surface area contributed by atoms with E-state index >= 15 is 0 Å². The van der Waals surface area contributed by atoms with Crippen molar-refractivity contribution in [3.63, 3.8) is 0 Å². The van der Waals surface area contributed by atoms with Crippen LogP contribution in [0, 0.1) is 13.8 Å². The van der Waals surface area contributed by atoms with Gasteiger partial charge in [0.1, 0.15) is 0 Å². The summed E-state index contributed by atoms with van der Waals surface area (Å²) >= 11 is 0. The Bertz CT molecular complexity index is 723. The normalized spacial score (nSPS) is 11.8. The number of nitrogens with zero attached hydrogens (tertiary/aromatic N) is 2. The van der Waals surface area contributed by atoms with Crippen LogP contribution in [0.1, 0.15) is 36.2 Å². The Morgan fingerprint density at radius 2 is 1.92 bits per heavy atom. The lowest BCUT2D eigenvalue weighted by Gasteiger charge is -2.11. The van der Waals surface area contributed by atoms with Gasteiger partial charge in [-0.25, -0.2) is 0 Å². The molecule has 0 saturated heterocycles. The lowest BCUT2D eigenvalue weighted by molar-refractivity contribution is -0.147. The number of hydrogen-bond acceptors (Lipinski definition) is 4. The van der Waals surface area contributed by atoms with Gasteiger partial charge in [0, 0.05) is 7.05 Å². The van der Waals surface area contributed by atoms with Gasteiger partial charge in [-0.2, -0.15) is 5.10 Å². The van der Waals surface area contributed by atoms with Gasteiger partial charge in [0.25, 0.3) is 5.91 Å². The second kappa shape index (κ2) is 7.77. The first-order chi connectivity index (χ1) is 11.4. The summed E-state index contributed by atoms with van der Waals surface area (Å²) in [6.07, 6.45) is 0.238. The monoisotopic (exact) mass is 329 g/mol. The number of ether oxygens (including phenoxy) is 1.